The summed E-state index contributed by atoms with van der Waals surface area (Å²) in [5.41, 5.74) is 0.784. The molecule has 0 bridgehead atoms. The largest absolute Gasteiger partial charge is 0.493 e. The summed E-state index contributed by atoms with van der Waals surface area (Å²) in [6.45, 7) is -1.15. The number of ether oxygens (including phenoxy) is 2. The van der Waals surface area contributed by atoms with Crippen LogP contribution in [0.25, 0.3) is 11.0 Å². The second-order valence-corrected chi connectivity index (χ2v) is 4.24. The van der Waals surface area contributed by atoms with Crippen LogP contribution in [0, 0.1) is 4.77 Å². The first kappa shape index (κ1) is 13.7. The van der Waals surface area contributed by atoms with Gasteiger partial charge in [-0.05, 0) is 12.2 Å². The molecule has 0 saturated heterocycles. The van der Waals surface area contributed by atoms with Crippen LogP contribution in [-0.2, 0) is 6.54 Å². The van der Waals surface area contributed by atoms with E-state index in [4.69, 9.17) is 21.7 Å². The third-order valence-electron chi connectivity index (χ3n) is 2.62. The van der Waals surface area contributed by atoms with Gasteiger partial charge in [-0.2, -0.15) is 13.2 Å². The molecule has 2 aromatic rings. The van der Waals surface area contributed by atoms with Crippen molar-refractivity contribution in [3.63, 3.8) is 0 Å². The topological polar surface area (TPSA) is 39.2 Å². The first-order valence-corrected chi connectivity index (χ1v) is 5.68. The number of hydrogen-bond acceptors (Lipinski definition) is 3. The molecule has 0 atom stereocenters. The maximum absolute atomic E-state index is 12.5. The van der Waals surface area contributed by atoms with Crippen molar-refractivity contribution in [3.8, 4) is 11.5 Å². The average Bonchev–Trinajstić information content (AvgIpc) is 2.62. The van der Waals surface area contributed by atoms with Crippen molar-refractivity contribution in [2.75, 3.05) is 14.2 Å². The number of benzene rings is 1. The smallest absolute Gasteiger partial charge is 0.406 e. The van der Waals surface area contributed by atoms with Crippen molar-refractivity contribution < 1.29 is 22.6 Å². The van der Waals surface area contributed by atoms with Gasteiger partial charge in [0.1, 0.15) is 6.54 Å². The summed E-state index contributed by atoms with van der Waals surface area (Å²) in [6, 6.07) is 3.02. The zero-order valence-corrected chi connectivity index (χ0v) is 11.0. The van der Waals surface area contributed by atoms with Crippen molar-refractivity contribution >= 4 is 23.3 Å². The molecule has 19 heavy (non-hydrogen) atoms. The summed E-state index contributed by atoms with van der Waals surface area (Å²) in [5.74, 6) is 0.769. The lowest BCUT2D eigenvalue weighted by Crippen LogP contribution is -2.17. The standard InChI is InChI=1S/C11H11F3N2O2S/c1-17-8-3-6-7(4-9(8)18-2)16(10(19)15-6)5-11(12,13)14/h3-4H,5H2,1-2H3,(H,15,19). The zero-order valence-electron chi connectivity index (χ0n) is 10.2. The molecule has 1 heterocycles. The Bertz CT molecular complexity index is 660. The van der Waals surface area contributed by atoms with Crippen LogP contribution < -0.4 is 9.47 Å². The van der Waals surface area contributed by atoms with Crippen LogP contribution in [-0.4, -0.2) is 29.9 Å². The first-order valence-electron chi connectivity index (χ1n) is 5.27. The van der Waals surface area contributed by atoms with Gasteiger partial charge in [-0.3, -0.25) is 0 Å². The van der Waals surface area contributed by atoms with Crippen molar-refractivity contribution in [1.29, 1.82) is 0 Å². The Morgan fingerprint density at radius 1 is 1.21 bits per heavy atom. The number of imidazole rings is 1. The fourth-order valence-corrected chi connectivity index (χ4v) is 2.09. The van der Waals surface area contributed by atoms with Crippen molar-refractivity contribution in [1.82, 2.24) is 9.55 Å². The van der Waals surface area contributed by atoms with E-state index in [0.29, 0.717) is 22.5 Å². The number of nitrogens with one attached hydrogen (secondary N) is 1. The summed E-state index contributed by atoms with van der Waals surface area (Å²) >= 11 is 4.91. The maximum atomic E-state index is 12.5. The van der Waals surface area contributed by atoms with Crippen molar-refractivity contribution in [3.05, 3.63) is 16.9 Å². The molecule has 8 heteroatoms. The molecule has 104 valence electrons. The van der Waals surface area contributed by atoms with Crippen molar-refractivity contribution in [2.45, 2.75) is 12.7 Å². The van der Waals surface area contributed by atoms with E-state index in [1.807, 2.05) is 0 Å². The minimum absolute atomic E-state index is 0.00244. The van der Waals surface area contributed by atoms with Crippen LogP contribution in [0.4, 0.5) is 13.2 Å². The van der Waals surface area contributed by atoms with Crippen LogP contribution >= 0.6 is 12.2 Å². The van der Waals surface area contributed by atoms with Gasteiger partial charge in [0.25, 0.3) is 0 Å². The fourth-order valence-electron chi connectivity index (χ4n) is 1.82. The monoisotopic (exact) mass is 292 g/mol. The van der Waals surface area contributed by atoms with Gasteiger partial charge in [-0.25, -0.2) is 0 Å². The Labute approximate surface area is 111 Å². The van der Waals surface area contributed by atoms with Gasteiger partial charge in [-0.15, -0.1) is 0 Å². The van der Waals surface area contributed by atoms with E-state index >= 15 is 0 Å². The highest BCUT2D eigenvalue weighted by atomic mass is 32.1. The number of hydrogen-bond donors (Lipinski definition) is 1. The molecular formula is C11H11F3N2O2S. The van der Waals surface area contributed by atoms with Crippen molar-refractivity contribution in [2.24, 2.45) is 0 Å². The number of aromatic nitrogens is 2. The second kappa shape index (κ2) is 4.76. The molecule has 0 unspecified atom stereocenters. The Morgan fingerprint density at radius 3 is 2.32 bits per heavy atom. The SMILES string of the molecule is COc1cc2[nH]c(=S)n(CC(F)(F)F)c2cc1OC. The summed E-state index contributed by atoms with van der Waals surface area (Å²) in [4.78, 5) is 2.72. The highest BCUT2D eigenvalue weighted by Crippen LogP contribution is 2.32. The number of aromatic amines is 1. The molecule has 1 aromatic heterocycles. The summed E-state index contributed by atoms with van der Waals surface area (Å²) in [7, 11) is 2.87. The quantitative estimate of drug-likeness (QED) is 0.882. The molecule has 1 N–H and O–H groups in total. The van der Waals surface area contributed by atoms with E-state index in [1.165, 1.54) is 20.3 Å². The Morgan fingerprint density at radius 2 is 1.79 bits per heavy atom. The van der Waals surface area contributed by atoms with E-state index in [9.17, 15) is 13.2 Å². The minimum Gasteiger partial charge on any atom is -0.493 e. The number of fused-ring (bicyclic) bond motifs is 1. The molecule has 0 fully saturated rings. The lowest BCUT2D eigenvalue weighted by atomic mass is 10.2. The third-order valence-corrected chi connectivity index (χ3v) is 2.94. The van der Waals surface area contributed by atoms with Crippen LogP contribution in [0.2, 0.25) is 0 Å². The van der Waals surface area contributed by atoms with Gasteiger partial charge < -0.3 is 19.0 Å². The molecule has 1 aromatic carbocycles. The average molecular weight is 292 g/mol. The van der Waals surface area contributed by atoms with Gasteiger partial charge in [-0.1, -0.05) is 0 Å². The first-order chi connectivity index (χ1) is 8.85. The predicted octanol–water partition coefficient (Wildman–Crippen LogP) is 3.28. The van der Waals surface area contributed by atoms with E-state index in [1.54, 1.807) is 6.07 Å². The van der Waals surface area contributed by atoms with E-state index in [0.717, 1.165) is 4.57 Å². The number of nitrogens with zero attached hydrogens (tertiary/aromatic N) is 1. The number of H-pyrrole nitrogens is 1. The molecule has 0 saturated carbocycles. The molecule has 0 spiro atoms. The Hall–Kier alpha value is -1.70. The Kier molecular flexibility index (Phi) is 3.44. The lowest BCUT2D eigenvalue weighted by Gasteiger charge is -2.10. The second-order valence-electron chi connectivity index (χ2n) is 3.86. The van der Waals surface area contributed by atoms with E-state index in [2.05, 4.69) is 4.98 Å². The highest BCUT2D eigenvalue weighted by Gasteiger charge is 2.29. The third kappa shape index (κ3) is 2.67. The van der Waals surface area contributed by atoms with Gasteiger partial charge in [0.2, 0.25) is 0 Å². The van der Waals surface area contributed by atoms with Crippen LogP contribution in [0.15, 0.2) is 12.1 Å². The zero-order chi connectivity index (χ0) is 14.2. The van der Waals surface area contributed by atoms with E-state index < -0.39 is 12.7 Å². The maximum Gasteiger partial charge on any atom is 0.406 e. The highest BCUT2D eigenvalue weighted by molar-refractivity contribution is 7.71. The van der Waals surface area contributed by atoms with Gasteiger partial charge >= 0.3 is 6.18 Å². The molecule has 0 radical (unpaired) electrons. The van der Waals surface area contributed by atoms with Crippen LogP contribution in [0.5, 0.6) is 11.5 Å². The van der Waals surface area contributed by atoms with E-state index in [-0.39, 0.29) is 4.77 Å². The normalized spacial score (nSPS) is 11.8. The molecule has 0 aliphatic rings. The summed E-state index contributed by atoms with van der Waals surface area (Å²) < 4.78 is 48.7. The Balaban J connectivity index is 2.65. The van der Waals surface area contributed by atoms with Gasteiger partial charge in [0, 0.05) is 12.1 Å². The molecular weight excluding hydrogens is 281 g/mol. The summed E-state index contributed by atoms with van der Waals surface area (Å²) in [6.07, 6.45) is -4.35. The number of alkyl halides is 3. The van der Waals surface area contributed by atoms with Gasteiger partial charge in [0.15, 0.2) is 16.3 Å². The fraction of sp³-hybridized carbons (Fsp3) is 0.364. The molecule has 2 rings (SSSR count). The number of halogens is 3. The number of rotatable bonds is 3. The molecule has 0 aliphatic heterocycles. The van der Waals surface area contributed by atoms with Crippen LogP contribution in [0.3, 0.4) is 0 Å². The molecule has 0 aliphatic carbocycles. The minimum atomic E-state index is -4.35. The molecule has 4 nitrogen and oxygen atoms in total. The lowest BCUT2D eigenvalue weighted by molar-refractivity contribution is -0.140. The molecule has 0 amide bonds. The predicted molar refractivity (Wildman–Crippen MR) is 66.3 cm³/mol. The number of methoxy groups -OCH3 is 2. The summed E-state index contributed by atoms with van der Waals surface area (Å²) in [5, 5.41) is 0. The van der Waals surface area contributed by atoms with Crippen LogP contribution in [0.1, 0.15) is 0 Å². The van der Waals surface area contributed by atoms with Gasteiger partial charge in [0.05, 0.1) is 25.3 Å².